The molecule has 3 aliphatic heterocycles. The van der Waals surface area contributed by atoms with Gasteiger partial charge >= 0.3 is 0 Å². The zero-order chi connectivity index (χ0) is 23.1. The number of rotatable bonds is 3. The van der Waals surface area contributed by atoms with E-state index < -0.39 is 5.82 Å². The quantitative estimate of drug-likeness (QED) is 0.639. The third-order valence-electron chi connectivity index (χ3n) is 6.73. The van der Waals surface area contributed by atoms with Crippen LogP contribution in [0.4, 0.5) is 15.9 Å². The van der Waals surface area contributed by atoms with Gasteiger partial charge in [0.05, 0.1) is 17.8 Å². The molecular weight excluding hydrogens is 425 g/mol. The molecule has 2 aromatic rings. The lowest BCUT2D eigenvalue weighted by molar-refractivity contribution is -0.129. The number of pyridine rings is 1. The van der Waals surface area contributed by atoms with Gasteiger partial charge in [-0.25, -0.2) is 25.2 Å². The lowest BCUT2D eigenvalue weighted by Gasteiger charge is -2.37. The van der Waals surface area contributed by atoms with Gasteiger partial charge in [-0.2, -0.15) is 0 Å². The standard InChI is InChI=1S/C23H28FN7O2/c1-14-4-3-5-17(24)23(14)31-20(33)12-18-22(28-31)21(27-26-18)16-6-7-19(25-13-16)30-10-8-29(9-11-30)15(2)32/h3-7,13,18,21-22,26-28H,8-12H2,1-2H3. The molecule has 5 rings (SSSR count). The highest BCUT2D eigenvalue weighted by Gasteiger charge is 2.44. The number of fused-ring (bicyclic) bond motifs is 1. The first kappa shape index (κ1) is 21.7. The van der Waals surface area contributed by atoms with E-state index in [-0.39, 0.29) is 42.0 Å². The summed E-state index contributed by atoms with van der Waals surface area (Å²) in [7, 11) is 0. The number of carbonyl (C=O) groups excluding carboxylic acids is 2. The van der Waals surface area contributed by atoms with E-state index in [1.165, 1.54) is 11.1 Å². The Kier molecular flexibility index (Phi) is 5.73. The summed E-state index contributed by atoms with van der Waals surface area (Å²) >= 11 is 0. The molecule has 3 saturated heterocycles. The summed E-state index contributed by atoms with van der Waals surface area (Å²) in [5.74, 6) is 0.364. The first-order valence-corrected chi connectivity index (χ1v) is 11.2. The molecule has 174 valence electrons. The number of hydrazine groups is 2. The van der Waals surface area contributed by atoms with Crippen molar-refractivity contribution in [3.05, 3.63) is 53.5 Å². The van der Waals surface area contributed by atoms with Gasteiger partial charge in [-0.3, -0.25) is 15.0 Å². The average Bonchev–Trinajstić information content (AvgIpc) is 3.22. The lowest BCUT2D eigenvalue weighted by atomic mass is 9.94. The van der Waals surface area contributed by atoms with Crippen LogP contribution in [0.15, 0.2) is 36.5 Å². The van der Waals surface area contributed by atoms with Crippen molar-refractivity contribution in [2.24, 2.45) is 0 Å². The molecule has 9 nitrogen and oxygen atoms in total. The van der Waals surface area contributed by atoms with Crippen LogP contribution in [0.3, 0.4) is 0 Å². The third-order valence-corrected chi connectivity index (χ3v) is 6.73. The van der Waals surface area contributed by atoms with E-state index in [0.717, 1.165) is 24.5 Å². The normalized spacial score (nSPS) is 25.4. The van der Waals surface area contributed by atoms with Gasteiger partial charge in [0.1, 0.15) is 11.6 Å². The van der Waals surface area contributed by atoms with Gasteiger partial charge in [0, 0.05) is 51.8 Å². The van der Waals surface area contributed by atoms with Crippen LogP contribution in [0.2, 0.25) is 0 Å². The topological polar surface area (TPSA) is 92.8 Å². The van der Waals surface area contributed by atoms with Gasteiger partial charge in [-0.1, -0.05) is 18.2 Å². The third kappa shape index (κ3) is 4.05. The second-order valence-electron chi connectivity index (χ2n) is 8.81. The monoisotopic (exact) mass is 453 g/mol. The number of nitrogens with one attached hydrogen (secondary N) is 3. The molecule has 1 aromatic heterocycles. The maximum absolute atomic E-state index is 14.6. The highest BCUT2D eigenvalue weighted by Crippen LogP contribution is 2.32. The van der Waals surface area contributed by atoms with Crippen molar-refractivity contribution in [3.63, 3.8) is 0 Å². The minimum atomic E-state index is -0.430. The molecule has 3 atom stereocenters. The predicted molar refractivity (Wildman–Crippen MR) is 122 cm³/mol. The van der Waals surface area contributed by atoms with Crippen LogP contribution >= 0.6 is 0 Å². The zero-order valence-electron chi connectivity index (χ0n) is 18.7. The maximum Gasteiger partial charge on any atom is 0.243 e. The van der Waals surface area contributed by atoms with E-state index in [0.29, 0.717) is 18.7 Å². The molecule has 0 saturated carbocycles. The Morgan fingerprint density at radius 2 is 1.91 bits per heavy atom. The minimum absolute atomic E-state index is 0.102. The summed E-state index contributed by atoms with van der Waals surface area (Å²) < 4.78 is 14.6. The average molecular weight is 454 g/mol. The Morgan fingerprint density at radius 1 is 1.12 bits per heavy atom. The molecule has 3 fully saturated rings. The number of benzene rings is 1. The van der Waals surface area contributed by atoms with Crippen LogP contribution in [-0.4, -0.2) is 60.0 Å². The SMILES string of the molecule is CC(=O)N1CCN(c2ccc(C3NNC4CC(=O)N(c5c(C)cccc5F)NC43)cn2)CC1. The molecule has 10 heteroatoms. The first-order chi connectivity index (χ1) is 15.9. The number of para-hydroxylation sites is 1. The molecular formula is C23H28FN7O2. The van der Waals surface area contributed by atoms with E-state index in [2.05, 4.69) is 26.2 Å². The van der Waals surface area contributed by atoms with E-state index in [1.54, 1.807) is 26.0 Å². The fourth-order valence-electron chi connectivity index (χ4n) is 4.86. The predicted octanol–water partition coefficient (Wildman–Crippen LogP) is 1.03. The number of hydrogen-bond donors (Lipinski definition) is 3. The molecule has 0 aliphatic carbocycles. The van der Waals surface area contributed by atoms with Gasteiger partial charge in [-0.05, 0) is 30.2 Å². The van der Waals surface area contributed by atoms with Crippen molar-refractivity contribution in [1.82, 2.24) is 26.2 Å². The van der Waals surface area contributed by atoms with E-state index in [4.69, 9.17) is 0 Å². The second kappa shape index (κ2) is 8.69. The second-order valence-corrected chi connectivity index (χ2v) is 8.81. The van der Waals surface area contributed by atoms with Crippen molar-refractivity contribution >= 4 is 23.3 Å². The van der Waals surface area contributed by atoms with Crippen LogP contribution < -0.4 is 26.2 Å². The van der Waals surface area contributed by atoms with Crippen LogP contribution in [0.25, 0.3) is 0 Å². The number of amides is 2. The zero-order valence-corrected chi connectivity index (χ0v) is 18.7. The van der Waals surface area contributed by atoms with Crippen LogP contribution in [0.5, 0.6) is 0 Å². The maximum atomic E-state index is 14.6. The first-order valence-electron chi connectivity index (χ1n) is 11.2. The molecule has 4 heterocycles. The Morgan fingerprint density at radius 3 is 2.58 bits per heavy atom. The fraction of sp³-hybridized carbons (Fsp3) is 0.435. The summed E-state index contributed by atoms with van der Waals surface area (Å²) in [5, 5.41) is 1.35. The number of aromatic nitrogens is 1. The van der Waals surface area contributed by atoms with Gasteiger partial charge in [0.25, 0.3) is 0 Å². The van der Waals surface area contributed by atoms with Gasteiger partial charge in [0.2, 0.25) is 11.8 Å². The molecule has 0 bridgehead atoms. The largest absolute Gasteiger partial charge is 0.353 e. The minimum Gasteiger partial charge on any atom is -0.353 e. The van der Waals surface area contributed by atoms with Gasteiger partial charge < -0.3 is 9.80 Å². The number of halogens is 1. The van der Waals surface area contributed by atoms with Gasteiger partial charge in [-0.15, -0.1) is 0 Å². The number of nitrogens with zero attached hydrogens (tertiary/aromatic N) is 4. The number of piperazine rings is 1. The smallest absolute Gasteiger partial charge is 0.243 e. The van der Waals surface area contributed by atoms with Crippen molar-refractivity contribution in [3.8, 4) is 0 Å². The molecule has 3 aliphatic rings. The van der Waals surface area contributed by atoms with Crippen LogP contribution in [0, 0.1) is 12.7 Å². The van der Waals surface area contributed by atoms with Gasteiger partial charge in [0.15, 0.2) is 0 Å². The number of hydrogen-bond acceptors (Lipinski definition) is 7. The van der Waals surface area contributed by atoms with Crippen LogP contribution in [0.1, 0.15) is 30.5 Å². The summed E-state index contributed by atoms with van der Waals surface area (Å²) in [6.07, 6.45) is 2.09. The molecule has 3 N–H and O–H groups in total. The Balaban J connectivity index is 1.31. The van der Waals surface area contributed by atoms with E-state index >= 15 is 0 Å². The van der Waals surface area contributed by atoms with E-state index in [9.17, 15) is 14.0 Å². The molecule has 0 radical (unpaired) electrons. The van der Waals surface area contributed by atoms with E-state index in [1.807, 2.05) is 23.2 Å². The Labute approximate surface area is 191 Å². The van der Waals surface area contributed by atoms with Crippen molar-refractivity contribution < 1.29 is 14.0 Å². The highest BCUT2D eigenvalue weighted by molar-refractivity contribution is 5.94. The Bertz CT molecular complexity index is 1040. The van der Waals surface area contributed by atoms with Crippen molar-refractivity contribution in [2.75, 3.05) is 36.1 Å². The molecule has 2 amide bonds. The fourth-order valence-corrected chi connectivity index (χ4v) is 4.86. The highest BCUT2D eigenvalue weighted by atomic mass is 19.1. The molecule has 3 unspecified atom stereocenters. The number of anilines is 2. The summed E-state index contributed by atoms with van der Waals surface area (Å²) in [4.78, 5) is 33.0. The van der Waals surface area contributed by atoms with Crippen LogP contribution in [-0.2, 0) is 9.59 Å². The summed E-state index contributed by atoms with van der Waals surface area (Å²) in [5.41, 5.74) is 11.7. The Hall–Kier alpha value is -3.08. The lowest BCUT2D eigenvalue weighted by Crippen LogP contribution is -2.60. The molecule has 0 spiro atoms. The molecule has 33 heavy (non-hydrogen) atoms. The summed E-state index contributed by atoms with van der Waals surface area (Å²) in [6, 6.07) is 8.39. The summed E-state index contributed by atoms with van der Waals surface area (Å²) in [6.45, 7) is 6.28. The van der Waals surface area contributed by atoms with Crippen molar-refractivity contribution in [2.45, 2.75) is 38.4 Å². The number of carbonyl (C=O) groups is 2. The molecule has 1 aromatic carbocycles. The van der Waals surface area contributed by atoms with Crippen molar-refractivity contribution in [1.29, 1.82) is 0 Å². The number of aryl methyl sites for hydroxylation is 1.